The quantitative estimate of drug-likeness (QED) is 0.501. The average molecular weight is 406 g/mol. The molecule has 1 saturated carbocycles. The maximum absolute atomic E-state index is 12.0. The molecule has 0 spiro atoms. The lowest BCUT2D eigenvalue weighted by molar-refractivity contribution is -0.117. The fourth-order valence-corrected chi connectivity index (χ4v) is 5.34. The van der Waals surface area contributed by atoms with E-state index in [1.165, 1.54) is 37.9 Å². The van der Waals surface area contributed by atoms with E-state index in [1.807, 2.05) is 30.0 Å². The Labute approximate surface area is 172 Å². The van der Waals surface area contributed by atoms with Crippen molar-refractivity contribution in [2.75, 3.05) is 29.1 Å². The molecule has 1 amide bonds. The number of hydrogen-bond acceptors (Lipinski definition) is 3. The third kappa shape index (κ3) is 6.11. The van der Waals surface area contributed by atoms with E-state index in [4.69, 9.17) is 12.2 Å². The molecule has 1 aromatic carbocycles. The van der Waals surface area contributed by atoms with Gasteiger partial charge in [-0.2, -0.15) is 11.8 Å². The predicted molar refractivity (Wildman–Crippen MR) is 121 cm³/mol. The van der Waals surface area contributed by atoms with Crippen molar-refractivity contribution in [1.82, 2.24) is 5.32 Å². The maximum Gasteiger partial charge on any atom is 0.227 e. The van der Waals surface area contributed by atoms with Crippen LogP contribution in [-0.2, 0) is 4.79 Å². The van der Waals surface area contributed by atoms with Gasteiger partial charge in [0.1, 0.15) is 0 Å². The molecule has 3 rings (SSSR count). The van der Waals surface area contributed by atoms with E-state index in [0.29, 0.717) is 11.5 Å². The normalized spacial score (nSPS) is 18.0. The summed E-state index contributed by atoms with van der Waals surface area (Å²) in [5.41, 5.74) is 3.05. The van der Waals surface area contributed by atoms with Crippen molar-refractivity contribution < 1.29 is 4.79 Å². The van der Waals surface area contributed by atoms with Crippen LogP contribution in [0.25, 0.3) is 0 Å². The zero-order chi connectivity index (χ0) is 19.1. The van der Waals surface area contributed by atoms with E-state index in [1.54, 1.807) is 0 Å². The number of amides is 1. The van der Waals surface area contributed by atoms with Crippen LogP contribution in [-0.4, -0.2) is 35.1 Å². The molecular weight excluding hydrogens is 374 g/mol. The smallest absolute Gasteiger partial charge is 0.227 e. The van der Waals surface area contributed by atoms with Gasteiger partial charge in [0, 0.05) is 36.1 Å². The molecule has 4 nitrogen and oxygen atoms in total. The van der Waals surface area contributed by atoms with Crippen LogP contribution >= 0.6 is 24.0 Å². The molecule has 1 aliphatic heterocycles. The summed E-state index contributed by atoms with van der Waals surface area (Å²) in [5, 5.41) is 8.10. The molecule has 1 aromatic rings. The highest BCUT2D eigenvalue weighted by Crippen LogP contribution is 2.29. The van der Waals surface area contributed by atoms with Crippen molar-refractivity contribution in [3.05, 3.63) is 23.8 Å². The molecule has 27 heavy (non-hydrogen) atoms. The SMILES string of the molecule is Cc1ccc(NC(=S)NCCCSC2CCCCC2)cc1N1CCCC1=O. The molecule has 2 fully saturated rings. The van der Waals surface area contributed by atoms with Crippen molar-refractivity contribution in [1.29, 1.82) is 0 Å². The number of aryl methyl sites for hydroxylation is 1. The fraction of sp³-hybridized carbons (Fsp3) is 0.619. The van der Waals surface area contributed by atoms with Crippen molar-refractivity contribution >= 4 is 46.4 Å². The molecule has 2 N–H and O–H groups in total. The van der Waals surface area contributed by atoms with Crippen LogP contribution in [0.15, 0.2) is 18.2 Å². The average Bonchev–Trinajstić information content (AvgIpc) is 3.09. The number of benzene rings is 1. The monoisotopic (exact) mass is 405 g/mol. The molecule has 0 unspecified atom stereocenters. The summed E-state index contributed by atoms with van der Waals surface area (Å²) in [6.45, 7) is 3.75. The van der Waals surface area contributed by atoms with Gasteiger partial charge in [-0.25, -0.2) is 0 Å². The Morgan fingerprint density at radius 3 is 2.81 bits per heavy atom. The number of carbonyl (C=O) groups excluding carboxylic acids is 1. The zero-order valence-corrected chi connectivity index (χ0v) is 17.9. The van der Waals surface area contributed by atoms with Crippen LogP contribution in [0.1, 0.15) is 56.9 Å². The summed E-state index contributed by atoms with van der Waals surface area (Å²) in [6, 6.07) is 6.10. The first-order chi connectivity index (χ1) is 13.1. The molecule has 0 bridgehead atoms. The highest BCUT2D eigenvalue weighted by atomic mass is 32.2. The van der Waals surface area contributed by atoms with Gasteiger partial charge in [-0.3, -0.25) is 4.79 Å². The van der Waals surface area contributed by atoms with Crippen LogP contribution in [0.4, 0.5) is 11.4 Å². The zero-order valence-electron chi connectivity index (χ0n) is 16.3. The van der Waals surface area contributed by atoms with Gasteiger partial charge in [0.25, 0.3) is 0 Å². The van der Waals surface area contributed by atoms with E-state index in [2.05, 4.69) is 22.4 Å². The first-order valence-corrected chi connectivity index (χ1v) is 11.7. The number of thioether (sulfide) groups is 1. The lowest BCUT2D eigenvalue weighted by Crippen LogP contribution is -2.30. The van der Waals surface area contributed by atoms with Gasteiger partial charge in [-0.05, 0) is 68.3 Å². The van der Waals surface area contributed by atoms with Gasteiger partial charge in [0.15, 0.2) is 5.11 Å². The summed E-state index contributed by atoms with van der Waals surface area (Å²) in [7, 11) is 0. The minimum Gasteiger partial charge on any atom is -0.362 e. The van der Waals surface area contributed by atoms with Gasteiger partial charge in [-0.1, -0.05) is 25.3 Å². The number of hydrogen-bond donors (Lipinski definition) is 2. The van der Waals surface area contributed by atoms with Gasteiger partial charge in [-0.15, -0.1) is 0 Å². The molecule has 0 aromatic heterocycles. The second-order valence-corrected chi connectivity index (χ2v) is 9.33. The number of thiocarbonyl (C=S) groups is 1. The lowest BCUT2D eigenvalue weighted by Gasteiger charge is -2.21. The molecule has 0 atom stereocenters. The Morgan fingerprint density at radius 1 is 1.26 bits per heavy atom. The molecule has 1 aliphatic carbocycles. The number of rotatable bonds is 7. The Hall–Kier alpha value is -1.27. The number of carbonyl (C=O) groups is 1. The molecule has 148 valence electrons. The van der Waals surface area contributed by atoms with E-state index in [0.717, 1.165) is 48.1 Å². The maximum atomic E-state index is 12.0. The van der Waals surface area contributed by atoms with Gasteiger partial charge < -0.3 is 15.5 Å². The van der Waals surface area contributed by atoms with Crippen molar-refractivity contribution in [3.63, 3.8) is 0 Å². The molecule has 6 heteroatoms. The molecule has 1 heterocycles. The number of nitrogens with one attached hydrogen (secondary N) is 2. The van der Waals surface area contributed by atoms with Crippen LogP contribution in [0.2, 0.25) is 0 Å². The lowest BCUT2D eigenvalue weighted by atomic mass is 10.0. The highest BCUT2D eigenvalue weighted by Gasteiger charge is 2.23. The Bertz CT molecular complexity index is 659. The second-order valence-electron chi connectivity index (χ2n) is 7.52. The standard InChI is InChI=1S/C21H31N3OS2/c1-16-10-11-17(15-19(16)24-13-5-9-20(24)25)23-21(26)22-12-6-14-27-18-7-3-2-4-8-18/h10-11,15,18H,2-9,12-14H2,1H3,(H2,22,23,26). The fourth-order valence-electron chi connectivity index (χ4n) is 3.81. The van der Waals surface area contributed by atoms with Crippen LogP contribution in [0.3, 0.4) is 0 Å². The van der Waals surface area contributed by atoms with Gasteiger partial charge >= 0.3 is 0 Å². The molecule has 1 saturated heterocycles. The van der Waals surface area contributed by atoms with E-state index < -0.39 is 0 Å². The first kappa shape index (κ1) is 20.5. The Kier molecular flexibility index (Phi) is 7.82. The number of anilines is 2. The third-order valence-electron chi connectivity index (χ3n) is 5.34. The molecule has 0 radical (unpaired) electrons. The van der Waals surface area contributed by atoms with Crippen LogP contribution in [0, 0.1) is 6.92 Å². The predicted octanol–water partition coefficient (Wildman–Crippen LogP) is 4.86. The summed E-state index contributed by atoms with van der Waals surface area (Å²) < 4.78 is 0. The molecule has 2 aliphatic rings. The van der Waals surface area contributed by atoms with E-state index in [-0.39, 0.29) is 5.91 Å². The second kappa shape index (κ2) is 10.3. The van der Waals surface area contributed by atoms with Crippen molar-refractivity contribution in [3.8, 4) is 0 Å². The summed E-state index contributed by atoms with van der Waals surface area (Å²) in [5.74, 6) is 1.41. The summed E-state index contributed by atoms with van der Waals surface area (Å²) in [6.07, 6.45) is 9.75. The van der Waals surface area contributed by atoms with Crippen molar-refractivity contribution in [2.24, 2.45) is 0 Å². The van der Waals surface area contributed by atoms with Gasteiger partial charge in [0.05, 0.1) is 0 Å². The van der Waals surface area contributed by atoms with Gasteiger partial charge in [0.2, 0.25) is 5.91 Å². The Balaban J connectivity index is 1.40. The first-order valence-electron chi connectivity index (χ1n) is 10.2. The van der Waals surface area contributed by atoms with E-state index in [9.17, 15) is 4.79 Å². The van der Waals surface area contributed by atoms with Crippen LogP contribution < -0.4 is 15.5 Å². The Morgan fingerprint density at radius 2 is 2.07 bits per heavy atom. The number of nitrogens with zero attached hydrogens (tertiary/aromatic N) is 1. The highest BCUT2D eigenvalue weighted by molar-refractivity contribution is 7.99. The molecular formula is C21H31N3OS2. The minimum absolute atomic E-state index is 0.214. The largest absolute Gasteiger partial charge is 0.362 e. The summed E-state index contributed by atoms with van der Waals surface area (Å²) in [4.78, 5) is 13.9. The minimum atomic E-state index is 0.214. The van der Waals surface area contributed by atoms with Crippen LogP contribution in [0.5, 0.6) is 0 Å². The summed E-state index contributed by atoms with van der Waals surface area (Å²) >= 11 is 7.57. The third-order valence-corrected chi connectivity index (χ3v) is 7.06. The van der Waals surface area contributed by atoms with E-state index >= 15 is 0 Å². The van der Waals surface area contributed by atoms with Crippen molar-refractivity contribution in [2.45, 2.75) is 63.5 Å². The topological polar surface area (TPSA) is 44.4 Å².